The second-order valence-corrected chi connectivity index (χ2v) is 6.42. The number of benzene rings is 1. The number of hydrogen-bond donors (Lipinski definition) is 0. The minimum Gasteiger partial charge on any atom is -0.493 e. The van der Waals surface area contributed by atoms with Gasteiger partial charge in [-0.2, -0.15) is 5.10 Å². The fourth-order valence-electron chi connectivity index (χ4n) is 3.16. The second-order valence-electron chi connectivity index (χ2n) is 6.42. The van der Waals surface area contributed by atoms with Gasteiger partial charge in [-0.15, -0.1) is 0 Å². The minimum atomic E-state index is 0.0781. The van der Waals surface area contributed by atoms with Crippen molar-refractivity contribution in [3.05, 3.63) is 47.8 Å². The molecular formula is C19H25N3O2. The van der Waals surface area contributed by atoms with Crippen LogP contribution >= 0.6 is 0 Å². The first-order valence-electron chi connectivity index (χ1n) is 8.68. The lowest BCUT2D eigenvalue weighted by Crippen LogP contribution is -2.42. The van der Waals surface area contributed by atoms with Crippen molar-refractivity contribution in [2.45, 2.75) is 33.2 Å². The predicted octanol–water partition coefficient (Wildman–Crippen LogP) is 3.14. The van der Waals surface area contributed by atoms with Crippen LogP contribution < -0.4 is 4.74 Å². The molecule has 2 aromatic rings. The highest BCUT2D eigenvalue weighted by molar-refractivity contribution is 5.92. The molecule has 1 aromatic carbocycles. The fourth-order valence-corrected chi connectivity index (χ4v) is 3.16. The van der Waals surface area contributed by atoms with Crippen molar-refractivity contribution in [1.82, 2.24) is 14.7 Å². The largest absolute Gasteiger partial charge is 0.493 e. The number of rotatable bonds is 5. The molecule has 0 bridgehead atoms. The molecule has 3 rings (SSSR count). The number of aryl methyl sites for hydroxylation is 2. The van der Waals surface area contributed by atoms with E-state index in [4.69, 9.17) is 4.74 Å². The number of carbonyl (C=O) groups excluding carboxylic acids is 1. The summed E-state index contributed by atoms with van der Waals surface area (Å²) in [6.07, 6.45) is 3.81. The predicted molar refractivity (Wildman–Crippen MR) is 93.2 cm³/mol. The van der Waals surface area contributed by atoms with Gasteiger partial charge < -0.3 is 9.64 Å². The Hall–Kier alpha value is -2.30. The van der Waals surface area contributed by atoms with Gasteiger partial charge in [-0.25, -0.2) is 0 Å². The van der Waals surface area contributed by atoms with Gasteiger partial charge in [0.25, 0.3) is 5.91 Å². The first-order valence-corrected chi connectivity index (χ1v) is 8.68. The third-order valence-electron chi connectivity index (χ3n) is 4.55. The molecule has 0 N–H and O–H groups in total. The number of nitrogens with zero attached hydrogens (tertiary/aromatic N) is 3. The molecule has 1 atom stereocenters. The molecule has 0 unspecified atom stereocenters. The van der Waals surface area contributed by atoms with E-state index in [0.29, 0.717) is 24.8 Å². The smallest absolute Gasteiger partial charge is 0.272 e. The third-order valence-corrected chi connectivity index (χ3v) is 4.55. The van der Waals surface area contributed by atoms with E-state index in [-0.39, 0.29) is 5.91 Å². The number of likely N-dealkylation sites (tertiary alicyclic amines) is 1. The highest BCUT2D eigenvalue weighted by Crippen LogP contribution is 2.20. The van der Waals surface area contributed by atoms with E-state index < -0.39 is 0 Å². The summed E-state index contributed by atoms with van der Waals surface area (Å²) in [5, 5.41) is 4.20. The van der Waals surface area contributed by atoms with E-state index in [1.165, 1.54) is 5.56 Å². The van der Waals surface area contributed by atoms with Gasteiger partial charge in [-0.1, -0.05) is 17.7 Å². The van der Waals surface area contributed by atoms with Crippen LogP contribution in [0.5, 0.6) is 5.75 Å². The fraction of sp³-hybridized carbons (Fsp3) is 0.474. The van der Waals surface area contributed by atoms with Crippen molar-refractivity contribution in [2.24, 2.45) is 5.92 Å². The molecule has 24 heavy (non-hydrogen) atoms. The van der Waals surface area contributed by atoms with Gasteiger partial charge in [0.15, 0.2) is 0 Å². The summed E-state index contributed by atoms with van der Waals surface area (Å²) in [6, 6.07) is 9.91. The normalized spacial score (nSPS) is 17.8. The van der Waals surface area contributed by atoms with Gasteiger partial charge in [-0.3, -0.25) is 9.48 Å². The van der Waals surface area contributed by atoms with Crippen LogP contribution in [0, 0.1) is 12.8 Å². The van der Waals surface area contributed by atoms with E-state index in [9.17, 15) is 4.79 Å². The monoisotopic (exact) mass is 327 g/mol. The van der Waals surface area contributed by atoms with Gasteiger partial charge in [0, 0.05) is 31.7 Å². The average Bonchev–Trinajstić information content (AvgIpc) is 3.09. The maximum atomic E-state index is 12.7. The van der Waals surface area contributed by atoms with Gasteiger partial charge in [0.2, 0.25) is 0 Å². The molecule has 5 nitrogen and oxygen atoms in total. The van der Waals surface area contributed by atoms with Crippen LogP contribution in [0.15, 0.2) is 36.5 Å². The molecule has 2 heterocycles. The second kappa shape index (κ2) is 7.51. The van der Waals surface area contributed by atoms with Crippen molar-refractivity contribution in [3.8, 4) is 5.75 Å². The summed E-state index contributed by atoms with van der Waals surface area (Å²) < 4.78 is 7.67. The minimum absolute atomic E-state index is 0.0781. The maximum absolute atomic E-state index is 12.7. The first kappa shape index (κ1) is 16.6. The quantitative estimate of drug-likeness (QED) is 0.847. The molecule has 0 aliphatic carbocycles. The zero-order valence-electron chi connectivity index (χ0n) is 14.4. The van der Waals surface area contributed by atoms with Crippen LogP contribution in [0.1, 0.15) is 35.8 Å². The molecule has 1 aromatic heterocycles. The molecule has 1 aliphatic heterocycles. The molecular weight excluding hydrogens is 302 g/mol. The molecule has 128 valence electrons. The summed E-state index contributed by atoms with van der Waals surface area (Å²) in [4.78, 5) is 14.7. The van der Waals surface area contributed by atoms with Gasteiger partial charge in [-0.05, 0) is 44.9 Å². The van der Waals surface area contributed by atoms with Crippen molar-refractivity contribution >= 4 is 5.91 Å². The molecule has 1 saturated heterocycles. The topological polar surface area (TPSA) is 47.4 Å². The van der Waals surface area contributed by atoms with Crippen molar-refractivity contribution < 1.29 is 9.53 Å². The Morgan fingerprint density at radius 3 is 2.83 bits per heavy atom. The van der Waals surface area contributed by atoms with E-state index in [1.54, 1.807) is 16.9 Å². The van der Waals surface area contributed by atoms with Crippen molar-refractivity contribution in [1.29, 1.82) is 0 Å². The number of aromatic nitrogens is 2. The third kappa shape index (κ3) is 3.78. The van der Waals surface area contributed by atoms with E-state index >= 15 is 0 Å². The number of ether oxygens (including phenoxy) is 1. The number of carbonyl (C=O) groups is 1. The Bertz CT molecular complexity index is 678. The lowest BCUT2D eigenvalue weighted by atomic mass is 9.98. The lowest BCUT2D eigenvalue weighted by Gasteiger charge is -2.32. The molecule has 1 fully saturated rings. The average molecular weight is 327 g/mol. The lowest BCUT2D eigenvalue weighted by molar-refractivity contribution is 0.0621. The summed E-state index contributed by atoms with van der Waals surface area (Å²) in [5.74, 6) is 1.35. The number of piperidine rings is 1. The Morgan fingerprint density at radius 2 is 2.08 bits per heavy atom. The SMILES string of the molecule is CCn1nccc1C(=O)N1CCC[C@H](COc2ccc(C)cc2)C1. The Balaban J connectivity index is 1.58. The summed E-state index contributed by atoms with van der Waals surface area (Å²) in [7, 11) is 0. The number of amides is 1. The number of hydrogen-bond acceptors (Lipinski definition) is 3. The van der Waals surface area contributed by atoms with Crippen LogP contribution in [-0.4, -0.2) is 40.3 Å². The molecule has 1 aliphatic rings. The van der Waals surface area contributed by atoms with Gasteiger partial charge in [0.05, 0.1) is 6.61 Å². The molecule has 0 saturated carbocycles. The van der Waals surface area contributed by atoms with Crippen LogP contribution in [0.25, 0.3) is 0 Å². The summed E-state index contributed by atoms with van der Waals surface area (Å²) >= 11 is 0. The van der Waals surface area contributed by atoms with E-state index in [0.717, 1.165) is 31.7 Å². The first-order chi connectivity index (χ1) is 11.7. The van der Waals surface area contributed by atoms with E-state index in [2.05, 4.69) is 24.2 Å². The molecule has 0 spiro atoms. The summed E-state index contributed by atoms with van der Waals surface area (Å²) in [6.45, 7) is 6.99. The van der Waals surface area contributed by atoms with Crippen LogP contribution in [0.3, 0.4) is 0 Å². The highest BCUT2D eigenvalue weighted by atomic mass is 16.5. The Kier molecular flexibility index (Phi) is 5.18. The van der Waals surface area contributed by atoms with Crippen LogP contribution in [-0.2, 0) is 6.54 Å². The maximum Gasteiger partial charge on any atom is 0.272 e. The zero-order valence-corrected chi connectivity index (χ0v) is 14.4. The molecule has 1 amide bonds. The molecule has 5 heteroatoms. The summed E-state index contributed by atoms with van der Waals surface area (Å²) in [5.41, 5.74) is 1.90. The van der Waals surface area contributed by atoms with Gasteiger partial charge >= 0.3 is 0 Å². The molecule has 0 radical (unpaired) electrons. The van der Waals surface area contributed by atoms with Crippen LogP contribution in [0.4, 0.5) is 0 Å². The van der Waals surface area contributed by atoms with Gasteiger partial charge in [0.1, 0.15) is 11.4 Å². The Labute approximate surface area is 143 Å². The van der Waals surface area contributed by atoms with Crippen molar-refractivity contribution in [3.63, 3.8) is 0 Å². The zero-order chi connectivity index (χ0) is 16.9. The standard InChI is InChI=1S/C19H25N3O2/c1-3-22-18(10-11-20-22)19(23)21-12-4-5-16(13-21)14-24-17-8-6-15(2)7-9-17/h6-11,16H,3-5,12-14H2,1-2H3/t16-/m0/s1. The van der Waals surface area contributed by atoms with E-state index in [1.807, 2.05) is 24.0 Å². The van der Waals surface area contributed by atoms with Crippen LogP contribution in [0.2, 0.25) is 0 Å². The van der Waals surface area contributed by atoms with Crippen molar-refractivity contribution in [2.75, 3.05) is 19.7 Å². The highest BCUT2D eigenvalue weighted by Gasteiger charge is 2.26. The Morgan fingerprint density at radius 1 is 1.29 bits per heavy atom.